The molecule has 0 radical (unpaired) electrons. The Morgan fingerprint density at radius 1 is 1.27 bits per heavy atom. The SMILES string of the molecule is CC(C)(C)N1CC2CCCC(OCc3ccccc3)(C1)C2=O. The highest BCUT2D eigenvalue weighted by Gasteiger charge is 2.52. The minimum atomic E-state index is -0.593. The molecule has 1 aromatic carbocycles. The van der Waals surface area contributed by atoms with E-state index in [4.69, 9.17) is 4.74 Å². The van der Waals surface area contributed by atoms with Crippen LogP contribution in [-0.4, -0.2) is 34.9 Å². The second kappa shape index (κ2) is 5.78. The smallest absolute Gasteiger partial charge is 0.170 e. The van der Waals surface area contributed by atoms with E-state index in [0.29, 0.717) is 12.4 Å². The molecule has 1 aromatic rings. The summed E-state index contributed by atoms with van der Waals surface area (Å²) in [7, 11) is 0. The number of rotatable bonds is 3. The molecule has 0 aromatic heterocycles. The van der Waals surface area contributed by atoms with E-state index >= 15 is 0 Å². The molecule has 2 atom stereocenters. The lowest BCUT2D eigenvalue weighted by Crippen LogP contribution is -2.65. The van der Waals surface area contributed by atoms with E-state index in [-0.39, 0.29) is 11.5 Å². The molecule has 1 aliphatic heterocycles. The molecule has 3 heteroatoms. The number of hydrogen-bond acceptors (Lipinski definition) is 3. The summed E-state index contributed by atoms with van der Waals surface area (Å²) < 4.78 is 6.27. The van der Waals surface area contributed by atoms with Crippen molar-refractivity contribution in [3.05, 3.63) is 35.9 Å². The van der Waals surface area contributed by atoms with Gasteiger partial charge in [-0.2, -0.15) is 0 Å². The molecule has 1 saturated carbocycles. The Balaban J connectivity index is 1.79. The lowest BCUT2D eigenvalue weighted by atomic mass is 9.72. The first-order valence-corrected chi connectivity index (χ1v) is 8.38. The van der Waals surface area contributed by atoms with Crippen molar-refractivity contribution in [1.82, 2.24) is 4.90 Å². The summed E-state index contributed by atoms with van der Waals surface area (Å²) >= 11 is 0. The summed E-state index contributed by atoms with van der Waals surface area (Å²) in [5, 5.41) is 0. The molecule has 2 aliphatic rings. The number of carbonyl (C=O) groups is 1. The van der Waals surface area contributed by atoms with Crippen molar-refractivity contribution in [2.45, 2.75) is 57.8 Å². The zero-order valence-electron chi connectivity index (χ0n) is 14.0. The van der Waals surface area contributed by atoms with E-state index in [9.17, 15) is 4.79 Å². The van der Waals surface area contributed by atoms with Crippen molar-refractivity contribution in [2.75, 3.05) is 13.1 Å². The summed E-state index contributed by atoms with van der Waals surface area (Å²) in [5.41, 5.74) is 0.627. The summed E-state index contributed by atoms with van der Waals surface area (Å²) in [6.07, 6.45) is 2.98. The van der Waals surface area contributed by atoms with Crippen molar-refractivity contribution < 1.29 is 9.53 Å². The number of nitrogens with zero attached hydrogens (tertiary/aromatic N) is 1. The zero-order chi connectivity index (χ0) is 15.8. The van der Waals surface area contributed by atoms with Crippen LogP contribution in [0.4, 0.5) is 0 Å². The maximum absolute atomic E-state index is 12.9. The van der Waals surface area contributed by atoms with Gasteiger partial charge in [0, 0.05) is 24.5 Å². The fourth-order valence-corrected chi connectivity index (χ4v) is 3.73. The summed E-state index contributed by atoms with van der Waals surface area (Å²) in [5.74, 6) is 0.493. The van der Waals surface area contributed by atoms with Crippen molar-refractivity contribution in [1.29, 1.82) is 0 Å². The quantitative estimate of drug-likeness (QED) is 0.856. The van der Waals surface area contributed by atoms with E-state index in [1.807, 2.05) is 18.2 Å². The molecule has 3 rings (SSSR count). The van der Waals surface area contributed by atoms with Crippen molar-refractivity contribution in [2.24, 2.45) is 5.92 Å². The number of carbonyl (C=O) groups excluding carboxylic acids is 1. The summed E-state index contributed by atoms with van der Waals surface area (Å²) in [4.78, 5) is 15.3. The monoisotopic (exact) mass is 301 g/mol. The topological polar surface area (TPSA) is 29.5 Å². The third-order valence-corrected chi connectivity index (χ3v) is 5.15. The molecular weight excluding hydrogens is 274 g/mol. The Morgan fingerprint density at radius 3 is 2.68 bits per heavy atom. The second-order valence-corrected chi connectivity index (χ2v) is 7.77. The van der Waals surface area contributed by atoms with Gasteiger partial charge in [-0.05, 0) is 45.6 Å². The fraction of sp³-hybridized carbons (Fsp3) is 0.632. The Kier molecular flexibility index (Phi) is 4.13. The van der Waals surface area contributed by atoms with E-state index in [1.54, 1.807) is 0 Å². The lowest BCUT2D eigenvalue weighted by Gasteiger charge is -2.51. The van der Waals surface area contributed by atoms with Gasteiger partial charge in [-0.1, -0.05) is 30.3 Å². The Hall–Kier alpha value is -1.19. The standard InChI is InChI=1S/C19H27NO2/c1-18(2,3)20-12-16-10-7-11-19(14-20,17(16)21)22-13-15-8-5-4-6-9-15/h4-6,8-9,16H,7,10-14H2,1-3H3. The van der Waals surface area contributed by atoms with Gasteiger partial charge >= 0.3 is 0 Å². The molecule has 1 heterocycles. The third kappa shape index (κ3) is 2.97. The number of ether oxygens (including phenoxy) is 1. The minimum Gasteiger partial charge on any atom is -0.361 e. The van der Waals surface area contributed by atoms with Crippen LogP contribution in [0.5, 0.6) is 0 Å². The average Bonchev–Trinajstić information content (AvgIpc) is 2.46. The highest BCUT2D eigenvalue weighted by Crippen LogP contribution is 2.40. The van der Waals surface area contributed by atoms with Crippen LogP contribution in [-0.2, 0) is 16.1 Å². The van der Waals surface area contributed by atoms with Crippen LogP contribution in [0.3, 0.4) is 0 Å². The maximum atomic E-state index is 12.9. The summed E-state index contributed by atoms with van der Waals surface area (Å²) in [6, 6.07) is 10.2. The normalized spacial score (nSPS) is 29.6. The molecule has 3 nitrogen and oxygen atoms in total. The van der Waals surface area contributed by atoms with E-state index < -0.39 is 5.60 Å². The number of Topliss-reactive ketones (excluding diaryl/α,β-unsaturated/α-hetero) is 1. The van der Waals surface area contributed by atoms with Gasteiger partial charge in [-0.25, -0.2) is 0 Å². The van der Waals surface area contributed by atoms with Crippen LogP contribution >= 0.6 is 0 Å². The molecule has 0 amide bonds. The first-order valence-electron chi connectivity index (χ1n) is 8.38. The van der Waals surface area contributed by atoms with Gasteiger partial charge in [-0.15, -0.1) is 0 Å². The van der Waals surface area contributed by atoms with E-state index in [2.05, 4.69) is 37.8 Å². The first kappa shape index (κ1) is 15.7. The molecular formula is C19H27NO2. The van der Waals surface area contributed by atoms with Crippen molar-refractivity contribution in [3.8, 4) is 0 Å². The van der Waals surface area contributed by atoms with E-state index in [0.717, 1.165) is 37.9 Å². The highest BCUT2D eigenvalue weighted by atomic mass is 16.5. The van der Waals surface area contributed by atoms with Crippen molar-refractivity contribution >= 4 is 5.78 Å². The number of ketones is 1. The largest absolute Gasteiger partial charge is 0.361 e. The molecule has 22 heavy (non-hydrogen) atoms. The van der Waals surface area contributed by atoms with Gasteiger partial charge in [0.15, 0.2) is 5.78 Å². The van der Waals surface area contributed by atoms with Crippen LogP contribution in [0.25, 0.3) is 0 Å². The summed E-state index contributed by atoms with van der Waals surface area (Å²) in [6.45, 7) is 8.82. The zero-order valence-corrected chi connectivity index (χ0v) is 14.0. The molecule has 0 spiro atoms. The minimum absolute atomic E-state index is 0.0810. The molecule has 1 saturated heterocycles. The Bertz CT molecular complexity index is 534. The molecule has 1 aliphatic carbocycles. The molecule has 2 bridgehead atoms. The van der Waals surface area contributed by atoms with Gasteiger partial charge in [0.1, 0.15) is 5.60 Å². The average molecular weight is 301 g/mol. The van der Waals surface area contributed by atoms with Crippen LogP contribution in [0, 0.1) is 5.92 Å². The van der Waals surface area contributed by atoms with Gasteiger partial charge < -0.3 is 4.74 Å². The predicted molar refractivity (Wildman–Crippen MR) is 87.6 cm³/mol. The number of likely N-dealkylation sites (tertiary alicyclic amines) is 1. The molecule has 2 unspecified atom stereocenters. The molecule has 2 fully saturated rings. The Morgan fingerprint density at radius 2 is 2.00 bits per heavy atom. The fourth-order valence-electron chi connectivity index (χ4n) is 3.73. The number of hydrogen-bond donors (Lipinski definition) is 0. The van der Waals surface area contributed by atoms with Crippen LogP contribution < -0.4 is 0 Å². The highest BCUT2D eigenvalue weighted by molar-refractivity contribution is 5.91. The predicted octanol–water partition coefficient (Wildman–Crippen LogP) is 3.43. The van der Waals surface area contributed by atoms with Crippen LogP contribution in [0.1, 0.15) is 45.6 Å². The lowest BCUT2D eigenvalue weighted by molar-refractivity contribution is -0.175. The Labute approximate surface area is 133 Å². The van der Waals surface area contributed by atoms with Crippen molar-refractivity contribution in [3.63, 3.8) is 0 Å². The van der Waals surface area contributed by atoms with E-state index in [1.165, 1.54) is 0 Å². The third-order valence-electron chi connectivity index (χ3n) is 5.15. The number of benzene rings is 1. The molecule has 0 N–H and O–H groups in total. The maximum Gasteiger partial charge on any atom is 0.170 e. The van der Waals surface area contributed by atoms with Gasteiger partial charge in [0.2, 0.25) is 0 Å². The van der Waals surface area contributed by atoms with Gasteiger partial charge in [-0.3, -0.25) is 9.69 Å². The first-order chi connectivity index (χ1) is 10.4. The number of fused-ring (bicyclic) bond motifs is 2. The number of piperidine rings is 1. The van der Waals surface area contributed by atoms with Crippen LogP contribution in [0.15, 0.2) is 30.3 Å². The van der Waals surface area contributed by atoms with Crippen LogP contribution in [0.2, 0.25) is 0 Å². The molecule has 120 valence electrons. The second-order valence-electron chi connectivity index (χ2n) is 7.77. The van der Waals surface area contributed by atoms with Gasteiger partial charge in [0.05, 0.1) is 6.61 Å². The van der Waals surface area contributed by atoms with Gasteiger partial charge in [0.25, 0.3) is 0 Å².